The van der Waals surface area contributed by atoms with Gasteiger partial charge in [0.15, 0.2) is 6.61 Å². The van der Waals surface area contributed by atoms with E-state index >= 15 is 0 Å². The highest BCUT2D eigenvalue weighted by molar-refractivity contribution is 9.10. The molecule has 0 spiro atoms. The first-order chi connectivity index (χ1) is 16.6. The van der Waals surface area contributed by atoms with Crippen LogP contribution in [0.3, 0.4) is 0 Å². The van der Waals surface area contributed by atoms with Crippen molar-refractivity contribution < 1.29 is 19.1 Å². The maximum absolute atomic E-state index is 13.3. The van der Waals surface area contributed by atoms with Gasteiger partial charge in [0, 0.05) is 12.6 Å². The van der Waals surface area contributed by atoms with E-state index in [2.05, 4.69) is 42.0 Å². The number of benzene rings is 2. The largest absolute Gasteiger partial charge is 0.497 e. The summed E-state index contributed by atoms with van der Waals surface area (Å²) in [6.07, 6.45) is 4.24. The van der Waals surface area contributed by atoms with Crippen molar-refractivity contribution in [3.63, 3.8) is 0 Å². The molecule has 0 saturated heterocycles. The van der Waals surface area contributed by atoms with Crippen LogP contribution in [0, 0.1) is 0 Å². The number of halogens is 1. The topological polar surface area (TPSA) is 67.9 Å². The predicted molar refractivity (Wildman–Crippen MR) is 142 cm³/mol. The van der Waals surface area contributed by atoms with Crippen molar-refractivity contribution in [3.8, 4) is 11.5 Å². The smallest absolute Gasteiger partial charge is 0.261 e. The second-order valence-corrected chi connectivity index (χ2v) is 11.1. The lowest BCUT2D eigenvalue weighted by Gasteiger charge is -2.30. The van der Waals surface area contributed by atoms with Crippen molar-refractivity contribution in [2.45, 2.75) is 77.4 Å². The average Bonchev–Trinajstić information content (AvgIpc) is 3.34. The molecule has 3 rings (SSSR count). The summed E-state index contributed by atoms with van der Waals surface area (Å²) in [6.45, 7) is 8.36. The van der Waals surface area contributed by atoms with Crippen LogP contribution in [0.15, 0.2) is 46.9 Å². The molecule has 0 aliphatic heterocycles. The molecule has 1 aliphatic rings. The Balaban J connectivity index is 1.73. The predicted octanol–water partition coefficient (Wildman–Crippen LogP) is 5.61. The highest BCUT2D eigenvalue weighted by Gasteiger charge is 2.29. The second kappa shape index (κ2) is 11.9. The zero-order valence-corrected chi connectivity index (χ0v) is 23.0. The minimum absolute atomic E-state index is 0.00808. The zero-order chi connectivity index (χ0) is 25.6. The third-order valence-corrected chi connectivity index (χ3v) is 7.15. The van der Waals surface area contributed by atoms with Gasteiger partial charge in [0.1, 0.15) is 17.5 Å². The summed E-state index contributed by atoms with van der Waals surface area (Å²) in [4.78, 5) is 28.0. The van der Waals surface area contributed by atoms with E-state index in [1.54, 1.807) is 18.9 Å². The molecule has 2 amide bonds. The summed E-state index contributed by atoms with van der Waals surface area (Å²) in [5.74, 6) is 0.959. The monoisotopic (exact) mass is 544 g/mol. The van der Waals surface area contributed by atoms with Crippen LogP contribution in [0.2, 0.25) is 0 Å². The molecule has 1 aliphatic carbocycles. The molecular weight excluding hydrogens is 508 g/mol. The number of rotatable bonds is 9. The Hall–Kier alpha value is -2.54. The van der Waals surface area contributed by atoms with Crippen LogP contribution in [0.5, 0.6) is 11.5 Å². The van der Waals surface area contributed by atoms with Gasteiger partial charge in [-0.3, -0.25) is 9.59 Å². The lowest BCUT2D eigenvalue weighted by Crippen LogP contribution is -2.50. The molecule has 1 unspecified atom stereocenters. The molecule has 6 nitrogen and oxygen atoms in total. The normalized spacial score (nSPS) is 14.9. The Morgan fingerprint density at radius 2 is 1.77 bits per heavy atom. The quantitative estimate of drug-likeness (QED) is 0.445. The summed E-state index contributed by atoms with van der Waals surface area (Å²) in [6, 6.07) is 13.0. The highest BCUT2D eigenvalue weighted by Crippen LogP contribution is 2.31. The maximum atomic E-state index is 13.3. The van der Waals surface area contributed by atoms with Crippen LogP contribution in [-0.4, -0.2) is 42.5 Å². The van der Waals surface area contributed by atoms with Crippen LogP contribution in [0.1, 0.15) is 64.5 Å². The Labute approximate surface area is 217 Å². The van der Waals surface area contributed by atoms with E-state index in [9.17, 15) is 9.59 Å². The minimum Gasteiger partial charge on any atom is -0.497 e. The van der Waals surface area contributed by atoms with Gasteiger partial charge < -0.3 is 19.7 Å². The molecule has 190 valence electrons. The maximum Gasteiger partial charge on any atom is 0.261 e. The van der Waals surface area contributed by atoms with Gasteiger partial charge in [-0.15, -0.1) is 0 Å². The second-order valence-electron chi connectivity index (χ2n) is 10.2. The molecule has 2 aromatic carbocycles. The summed E-state index contributed by atoms with van der Waals surface area (Å²) in [5, 5.41) is 3.12. The van der Waals surface area contributed by atoms with Gasteiger partial charge in [-0.05, 0) is 76.5 Å². The first-order valence-electron chi connectivity index (χ1n) is 12.2. The van der Waals surface area contributed by atoms with Gasteiger partial charge in [0.05, 0.1) is 11.6 Å². The number of amides is 2. The molecule has 2 aromatic rings. The molecule has 0 heterocycles. The van der Waals surface area contributed by atoms with Crippen molar-refractivity contribution in [1.82, 2.24) is 10.2 Å². The number of methoxy groups -OCH3 is 1. The Morgan fingerprint density at radius 1 is 1.11 bits per heavy atom. The van der Waals surface area contributed by atoms with Crippen molar-refractivity contribution in [3.05, 3.63) is 58.1 Å². The van der Waals surface area contributed by atoms with Gasteiger partial charge >= 0.3 is 0 Å². The molecule has 35 heavy (non-hydrogen) atoms. The number of ether oxygens (including phenoxy) is 2. The zero-order valence-electron chi connectivity index (χ0n) is 21.4. The molecule has 1 atom stereocenters. The van der Waals surface area contributed by atoms with E-state index in [0.717, 1.165) is 41.5 Å². The lowest BCUT2D eigenvalue weighted by atomic mass is 9.87. The Bertz CT molecular complexity index is 1010. The summed E-state index contributed by atoms with van der Waals surface area (Å²) in [7, 11) is 1.61. The standard InChI is InChI=1S/C28H37BrN2O4/c1-19(27(33)30-22-8-6-7-9-22)31(17-20-10-13-23(34-5)14-11-20)26(32)18-35-25-15-12-21(16-24(25)29)28(2,3)4/h10-16,19,22H,6-9,17-18H2,1-5H3,(H,30,33). The number of carbonyl (C=O) groups is 2. The van der Waals surface area contributed by atoms with Crippen LogP contribution in [-0.2, 0) is 21.5 Å². The van der Waals surface area contributed by atoms with Gasteiger partial charge in [-0.1, -0.05) is 51.8 Å². The number of hydrogen-bond acceptors (Lipinski definition) is 4. The third kappa shape index (κ3) is 7.47. The number of hydrogen-bond donors (Lipinski definition) is 1. The van der Waals surface area contributed by atoms with Gasteiger partial charge in [-0.2, -0.15) is 0 Å². The van der Waals surface area contributed by atoms with Gasteiger partial charge in [0.2, 0.25) is 5.91 Å². The lowest BCUT2D eigenvalue weighted by molar-refractivity contribution is -0.142. The Kier molecular flexibility index (Phi) is 9.22. The fraction of sp³-hybridized carbons (Fsp3) is 0.500. The average molecular weight is 546 g/mol. The van der Waals surface area contributed by atoms with Gasteiger partial charge in [-0.25, -0.2) is 0 Å². The van der Waals surface area contributed by atoms with Crippen LogP contribution < -0.4 is 14.8 Å². The molecule has 0 bridgehead atoms. The van der Waals surface area contributed by atoms with Crippen LogP contribution in [0.4, 0.5) is 0 Å². The minimum atomic E-state index is -0.625. The third-order valence-electron chi connectivity index (χ3n) is 6.53. The summed E-state index contributed by atoms with van der Waals surface area (Å²) in [5.41, 5.74) is 2.09. The van der Waals surface area contributed by atoms with Crippen molar-refractivity contribution >= 4 is 27.7 Å². The van der Waals surface area contributed by atoms with E-state index in [-0.39, 0.29) is 29.9 Å². The first kappa shape index (κ1) is 27.1. The summed E-state index contributed by atoms with van der Waals surface area (Å²) >= 11 is 3.57. The van der Waals surface area contributed by atoms with Crippen molar-refractivity contribution in [2.75, 3.05) is 13.7 Å². The van der Waals surface area contributed by atoms with E-state index < -0.39 is 6.04 Å². The molecule has 1 N–H and O–H groups in total. The molecule has 1 saturated carbocycles. The van der Waals surface area contributed by atoms with Crippen molar-refractivity contribution in [2.24, 2.45) is 0 Å². The van der Waals surface area contributed by atoms with Crippen LogP contribution >= 0.6 is 15.9 Å². The number of nitrogens with one attached hydrogen (secondary N) is 1. The van der Waals surface area contributed by atoms with E-state index in [1.165, 1.54) is 5.56 Å². The Morgan fingerprint density at radius 3 is 2.34 bits per heavy atom. The van der Waals surface area contributed by atoms with Crippen LogP contribution in [0.25, 0.3) is 0 Å². The molecule has 0 aromatic heterocycles. The SMILES string of the molecule is COc1ccc(CN(C(=O)COc2ccc(C(C)(C)C)cc2Br)C(C)C(=O)NC2CCCC2)cc1. The summed E-state index contributed by atoms with van der Waals surface area (Å²) < 4.78 is 11.9. The highest BCUT2D eigenvalue weighted by atomic mass is 79.9. The molecule has 1 fully saturated rings. The molecule has 0 radical (unpaired) electrons. The molecular formula is C28H37BrN2O4. The van der Waals surface area contributed by atoms with E-state index in [1.807, 2.05) is 42.5 Å². The number of nitrogens with zero attached hydrogens (tertiary/aromatic N) is 1. The first-order valence-corrected chi connectivity index (χ1v) is 13.0. The van der Waals surface area contributed by atoms with Gasteiger partial charge in [0.25, 0.3) is 5.91 Å². The fourth-order valence-electron chi connectivity index (χ4n) is 4.21. The van der Waals surface area contributed by atoms with E-state index in [0.29, 0.717) is 12.3 Å². The fourth-order valence-corrected chi connectivity index (χ4v) is 4.70. The van der Waals surface area contributed by atoms with E-state index in [4.69, 9.17) is 9.47 Å². The molecule has 7 heteroatoms. The number of carbonyl (C=O) groups excluding carboxylic acids is 2. The van der Waals surface area contributed by atoms with Crippen molar-refractivity contribution in [1.29, 1.82) is 0 Å².